The largest absolute Gasteiger partial charge is 0.493 e. The molecule has 0 spiro atoms. The van der Waals surface area contributed by atoms with Gasteiger partial charge >= 0.3 is 5.97 Å². The third kappa shape index (κ3) is 5.15. The van der Waals surface area contributed by atoms with Crippen molar-refractivity contribution in [2.45, 2.75) is 52.2 Å². The molecule has 1 atom stereocenters. The third-order valence-corrected chi connectivity index (χ3v) is 7.74. The summed E-state index contributed by atoms with van der Waals surface area (Å²) in [4.78, 5) is 27.2. The van der Waals surface area contributed by atoms with Crippen molar-refractivity contribution in [1.82, 2.24) is 14.7 Å². The van der Waals surface area contributed by atoms with Gasteiger partial charge in [-0.25, -0.2) is 4.68 Å². The molecular weight excluding hydrogens is 506 g/mol. The van der Waals surface area contributed by atoms with E-state index in [0.717, 1.165) is 28.1 Å². The van der Waals surface area contributed by atoms with E-state index in [1.807, 2.05) is 47.5 Å². The number of nitrogens with zero attached hydrogens (tertiary/aromatic N) is 3. The molecule has 1 amide bonds. The predicted octanol–water partition coefficient (Wildman–Crippen LogP) is 4.80. The Morgan fingerprint density at radius 2 is 2.05 bits per heavy atom. The summed E-state index contributed by atoms with van der Waals surface area (Å²) in [5.41, 5.74) is 4.68. The lowest BCUT2D eigenvalue weighted by atomic mass is 9.96. The maximum Gasteiger partial charge on any atom is 0.306 e. The second-order valence-electron chi connectivity index (χ2n) is 9.96. The number of thiophene rings is 1. The van der Waals surface area contributed by atoms with Crippen LogP contribution in [0.4, 0.5) is 0 Å². The zero-order valence-electron chi connectivity index (χ0n) is 21.9. The highest BCUT2D eigenvalue weighted by molar-refractivity contribution is 7.08. The van der Waals surface area contributed by atoms with Crippen LogP contribution in [-0.2, 0) is 22.6 Å². The van der Waals surface area contributed by atoms with Gasteiger partial charge in [0.25, 0.3) is 5.91 Å². The summed E-state index contributed by atoms with van der Waals surface area (Å²) in [6.07, 6.45) is 2.27. The zero-order valence-corrected chi connectivity index (χ0v) is 22.8. The van der Waals surface area contributed by atoms with E-state index in [-0.39, 0.29) is 18.6 Å². The summed E-state index contributed by atoms with van der Waals surface area (Å²) in [5.74, 6) is -0.145. The topological polar surface area (TPSA) is 103 Å². The molecule has 0 radical (unpaired) electrons. The maximum absolute atomic E-state index is 13.9. The zero-order chi connectivity index (χ0) is 26.8. The first-order valence-electron chi connectivity index (χ1n) is 13.0. The number of carboxylic acids is 1. The molecule has 38 heavy (non-hydrogen) atoms. The molecule has 202 valence electrons. The van der Waals surface area contributed by atoms with Crippen molar-refractivity contribution < 1.29 is 28.9 Å². The average Bonchev–Trinajstić information content (AvgIpc) is 3.46. The van der Waals surface area contributed by atoms with Crippen LogP contribution in [0, 0.1) is 5.92 Å². The van der Waals surface area contributed by atoms with E-state index in [1.54, 1.807) is 23.3 Å². The maximum atomic E-state index is 13.9. The summed E-state index contributed by atoms with van der Waals surface area (Å²) >= 11 is 1.56. The van der Waals surface area contributed by atoms with Gasteiger partial charge in [0.05, 0.1) is 43.7 Å². The molecular formula is C28H33N3O6S. The van der Waals surface area contributed by atoms with Crippen molar-refractivity contribution in [1.29, 1.82) is 0 Å². The Morgan fingerprint density at radius 3 is 2.76 bits per heavy atom. The summed E-state index contributed by atoms with van der Waals surface area (Å²) in [5, 5.41) is 18.3. The molecule has 0 aliphatic carbocycles. The fourth-order valence-electron chi connectivity index (χ4n) is 5.19. The molecule has 5 rings (SSSR count). The Balaban J connectivity index is 1.65. The number of hydrogen-bond acceptors (Lipinski definition) is 7. The Bertz CT molecular complexity index is 1320. The highest BCUT2D eigenvalue weighted by Gasteiger charge is 2.32. The van der Waals surface area contributed by atoms with Gasteiger partial charge in [-0.1, -0.05) is 0 Å². The number of ether oxygens (including phenoxy) is 3. The van der Waals surface area contributed by atoms with Crippen molar-refractivity contribution >= 4 is 23.2 Å². The quantitative estimate of drug-likeness (QED) is 0.480. The number of carbonyl (C=O) groups is 2. The summed E-state index contributed by atoms with van der Waals surface area (Å²) in [6.45, 7) is 5.57. The standard InChI is InChI=1S/C28H33N3O6S/c1-17(2)37-24-14-21-19(13-23(24)35-3)7-11-36-15-22-25(29-31(26(21)22)20-8-12-38-16-20)27(32)30-9-4-5-18(6-10-30)28(33)34/h8,12-14,16-18H,4-7,9-11,15H2,1-3H3,(H,33,34). The van der Waals surface area contributed by atoms with Gasteiger partial charge in [0, 0.05) is 29.6 Å². The van der Waals surface area contributed by atoms with Gasteiger partial charge in [-0.2, -0.15) is 16.4 Å². The molecule has 2 aliphatic heterocycles. The van der Waals surface area contributed by atoms with Crippen LogP contribution < -0.4 is 9.47 Å². The van der Waals surface area contributed by atoms with Crippen molar-refractivity contribution in [3.05, 3.63) is 45.8 Å². The first-order chi connectivity index (χ1) is 18.4. The minimum Gasteiger partial charge on any atom is -0.493 e. The molecule has 9 nitrogen and oxygen atoms in total. The number of benzene rings is 1. The summed E-state index contributed by atoms with van der Waals surface area (Å²) in [7, 11) is 1.63. The number of fused-ring (bicyclic) bond motifs is 3. The average molecular weight is 540 g/mol. The van der Waals surface area contributed by atoms with E-state index >= 15 is 0 Å². The van der Waals surface area contributed by atoms with Crippen LogP contribution in [0.5, 0.6) is 11.5 Å². The van der Waals surface area contributed by atoms with Crippen molar-refractivity contribution in [3.8, 4) is 28.4 Å². The van der Waals surface area contributed by atoms with Crippen LogP contribution in [-0.4, -0.2) is 64.6 Å². The number of aromatic nitrogens is 2. The molecule has 0 saturated carbocycles. The SMILES string of the molecule is COc1cc2c(cc1OC(C)C)-c1c(c(C(=O)N3CCCC(C(=O)O)CC3)nn1-c1ccsc1)COCC2. The Labute approximate surface area is 225 Å². The molecule has 3 aromatic rings. The smallest absolute Gasteiger partial charge is 0.306 e. The normalized spacial score (nSPS) is 17.7. The molecule has 1 unspecified atom stereocenters. The van der Waals surface area contributed by atoms with Gasteiger partial charge in [0.15, 0.2) is 17.2 Å². The van der Waals surface area contributed by atoms with Crippen molar-refractivity contribution in [2.24, 2.45) is 5.92 Å². The molecule has 10 heteroatoms. The third-order valence-electron chi connectivity index (χ3n) is 7.07. The first kappa shape index (κ1) is 26.2. The minimum atomic E-state index is -0.800. The molecule has 1 saturated heterocycles. The minimum absolute atomic E-state index is 0.0464. The molecule has 1 N–H and O–H groups in total. The van der Waals surface area contributed by atoms with Crippen molar-refractivity contribution in [3.63, 3.8) is 0 Å². The van der Waals surface area contributed by atoms with Gasteiger partial charge in [-0.05, 0) is 68.7 Å². The van der Waals surface area contributed by atoms with Gasteiger partial charge in [-0.15, -0.1) is 0 Å². The highest BCUT2D eigenvalue weighted by atomic mass is 32.1. The number of methoxy groups -OCH3 is 1. The number of likely N-dealkylation sites (tertiary alicyclic amines) is 1. The molecule has 0 bridgehead atoms. The number of aliphatic carboxylic acids is 1. The van der Waals surface area contributed by atoms with Crippen LogP contribution in [0.1, 0.15) is 54.7 Å². The van der Waals surface area contributed by atoms with Gasteiger partial charge in [0.2, 0.25) is 0 Å². The number of amides is 1. The predicted molar refractivity (Wildman–Crippen MR) is 143 cm³/mol. The van der Waals surface area contributed by atoms with E-state index in [2.05, 4.69) is 0 Å². The van der Waals surface area contributed by atoms with E-state index in [1.165, 1.54) is 0 Å². The molecule has 2 aromatic heterocycles. The van der Waals surface area contributed by atoms with E-state index in [0.29, 0.717) is 62.6 Å². The Kier molecular flexibility index (Phi) is 7.71. The number of hydrogen-bond donors (Lipinski definition) is 1. The highest BCUT2D eigenvalue weighted by Crippen LogP contribution is 2.41. The van der Waals surface area contributed by atoms with Crippen LogP contribution in [0.3, 0.4) is 0 Å². The summed E-state index contributed by atoms with van der Waals surface area (Å²) in [6, 6.07) is 5.95. The van der Waals surface area contributed by atoms with Gasteiger partial charge in [-0.3, -0.25) is 9.59 Å². The molecule has 2 aliphatic rings. The fraction of sp³-hybridized carbons (Fsp3) is 0.464. The number of carboxylic acid groups (broad SMARTS) is 1. The Morgan fingerprint density at radius 1 is 1.21 bits per heavy atom. The summed E-state index contributed by atoms with van der Waals surface area (Å²) < 4.78 is 19.6. The van der Waals surface area contributed by atoms with E-state index < -0.39 is 11.9 Å². The molecule has 1 fully saturated rings. The monoisotopic (exact) mass is 539 g/mol. The van der Waals surface area contributed by atoms with E-state index in [9.17, 15) is 14.7 Å². The first-order valence-corrected chi connectivity index (χ1v) is 13.9. The van der Waals surface area contributed by atoms with Crippen molar-refractivity contribution in [2.75, 3.05) is 26.8 Å². The van der Waals surface area contributed by atoms with Crippen LogP contribution in [0.2, 0.25) is 0 Å². The van der Waals surface area contributed by atoms with Crippen LogP contribution in [0.25, 0.3) is 16.9 Å². The lowest BCUT2D eigenvalue weighted by molar-refractivity contribution is -0.142. The lowest BCUT2D eigenvalue weighted by Gasteiger charge is -2.22. The fourth-order valence-corrected chi connectivity index (χ4v) is 5.80. The molecule has 1 aromatic carbocycles. The van der Waals surface area contributed by atoms with Gasteiger partial charge in [0.1, 0.15) is 0 Å². The second kappa shape index (κ2) is 11.2. The second-order valence-corrected chi connectivity index (χ2v) is 10.7. The van der Waals surface area contributed by atoms with Crippen LogP contribution >= 0.6 is 11.3 Å². The molecule has 4 heterocycles. The number of carbonyl (C=O) groups excluding carboxylic acids is 1. The van der Waals surface area contributed by atoms with E-state index in [4.69, 9.17) is 19.3 Å². The Hall–Kier alpha value is -3.37. The van der Waals surface area contributed by atoms with Crippen LogP contribution in [0.15, 0.2) is 29.0 Å². The number of rotatable bonds is 6. The lowest BCUT2D eigenvalue weighted by Crippen LogP contribution is -2.33. The van der Waals surface area contributed by atoms with Gasteiger partial charge < -0.3 is 24.2 Å².